The van der Waals surface area contributed by atoms with E-state index in [1.807, 2.05) is 31.2 Å². The Kier molecular flexibility index (Phi) is 5.66. The zero-order valence-electron chi connectivity index (χ0n) is 10.5. The van der Waals surface area contributed by atoms with Crippen LogP contribution < -0.4 is 10.6 Å². The molecule has 0 unspecified atom stereocenters. The lowest BCUT2D eigenvalue weighted by molar-refractivity contribution is -0.119. The maximum Gasteiger partial charge on any atom is 0.229 e. The summed E-state index contributed by atoms with van der Waals surface area (Å²) in [6.07, 6.45) is 0.406. The number of ether oxygens (including phenoxy) is 1. The minimum Gasteiger partial charge on any atom is -0.384 e. The number of rotatable bonds is 6. The number of anilines is 1. The van der Waals surface area contributed by atoms with Gasteiger partial charge in [-0.15, -0.1) is 0 Å². The van der Waals surface area contributed by atoms with Crippen molar-refractivity contribution in [3.63, 3.8) is 0 Å². The molecule has 2 N–H and O–H groups in total. The van der Waals surface area contributed by atoms with Gasteiger partial charge in [0.15, 0.2) is 0 Å². The molecule has 0 bridgehead atoms. The molecule has 1 amide bonds. The summed E-state index contributed by atoms with van der Waals surface area (Å²) in [6.45, 7) is 3.59. The summed E-state index contributed by atoms with van der Waals surface area (Å²) < 4.78 is 4.92. The van der Waals surface area contributed by atoms with E-state index in [1.165, 1.54) is 0 Å². The van der Waals surface area contributed by atoms with Crippen molar-refractivity contribution in [2.45, 2.75) is 19.9 Å². The Hall–Kier alpha value is -1.39. The van der Waals surface area contributed by atoms with Crippen molar-refractivity contribution in [3.8, 4) is 0 Å². The van der Waals surface area contributed by atoms with E-state index in [2.05, 4.69) is 0 Å². The SMILES string of the molecule is CCN(C(=O)CCOC)c1ccc(CN)cc1. The number of hydrogen-bond acceptors (Lipinski definition) is 3. The van der Waals surface area contributed by atoms with Crippen LogP contribution in [0.5, 0.6) is 0 Å². The average Bonchev–Trinajstić information content (AvgIpc) is 2.38. The lowest BCUT2D eigenvalue weighted by Crippen LogP contribution is -2.31. The summed E-state index contributed by atoms with van der Waals surface area (Å²) >= 11 is 0. The molecule has 0 heterocycles. The first-order chi connectivity index (χ1) is 8.22. The number of carbonyl (C=O) groups excluding carboxylic acids is 1. The van der Waals surface area contributed by atoms with Gasteiger partial charge in [-0.1, -0.05) is 12.1 Å². The normalized spacial score (nSPS) is 10.3. The standard InChI is InChI=1S/C13H20N2O2/c1-3-15(13(16)8-9-17-2)12-6-4-11(10-14)5-7-12/h4-7H,3,8-10,14H2,1-2H3. The van der Waals surface area contributed by atoms with E-state index in [1.54, 1.807) is 12.0 Å². The lowest BCUT2D eigenvalue weighted by Gasteiger charge is -2.21. The highest BCUT2D eigenvalue weighted by Crippen LogP contribution is 2.16. The average molecular weight is 236 g/mol. The molecule has 17 heavy (non-hydrogen) atoms. The van der Waals surface area contributed by atoms with E-state index in [0.717, 1.165) is 11.3 Å². The lowest BCUT2D eigenvalue weighted by atomic mass is 10.2. The Morgan fingerprint density at radius 3 is 2.47 bits per heavy atom. The molecule has 1 rings (SSSR count). The first kappa shape index (κ1) is 13.7. The maximum atomic E-state index is 11.9. The van der Waals surface area contributed by atoms with E-state index < -0.39 is 0 Å². The first-order valence-electron chi connectivity index (χ1n) is 5.81. The summed E-state index contributed by atoms with van der Waals surface area (Å²) in [5.74, 6) is 0.0786. The van der Waals surface area contributed by atoms with Crippen LogP contribution in [-0.2, 0) is 16.1 Å². The van der Waals surface area contributed by atoms with Gasteiger partial charge in [0.1, 0.15) is 0 Å². The summed E-state index contributed by atoms with van der Waals surface area (Å²) in [7, 11) is 1.60. The molecule has 1 aromatic rings. The largest absolute Gasteiger partial charge is 0.384 e. The third-order valence-corrected chi connectivity index (χ3v) is 2.62. The molecule has 0 aliphatic carbocycles. The molecule has 0 aliphatic heterocycles. The number of nitrogens with zero attached hydrogens (tertiary/aromatic N) is 1. The minimum absolute atomic E-state index is 0.0786. The van der Waals surface area contributed by atoms with Gasteiger partial charge in [0.25, 0.3) is 0 Å². The molecule has 4 nitrogen and oxygen atoms in total. The van der Waals surface area contributed by atoms with Gasteiger partial charge in [0.2, 0.25) is 5.91 Å². The van der Waals surface area contributed by atoms with Crippen molar-refractivity contribution in [1.29, 1.82) is 0 Å². The molecule has 0 atom stereocenters. The van der Waals surface area contributed by atoms with Crippen LogP contribution in [0.4, 0.5) is 5.69 Å². The molecule has 0 fully saturated rings. The fraction of sp³-hybridized carbons (Fsp3) is 0.462. The highest BCUT2D eigenvalue weighted by atomic mass is 16.5. The highest BCUT2D eigenvalue weighted by Gasteiger charge is 2.12. The summed E-state index contributed by atoms with van der Waals surface area (Å²) in [4.78, 5) is 13.7. The van der Waals surface area contributed by atoms with Crippen molar-refractivity contribution >= 4 is 11.6 Å². The van der Waals surface area contributed by atoms with Gasteiger partial charge >= 0.3 is 0 Å². The molecule has 4 heteroatoms. The molecule has 0 radical (unpaired) electrons. The van der Waals surface area contributed by atoms with E-state index in [4.69, 9.17) is 10.5 Å². The third-order valence-electron chi connectivity index (χ3n) is 2.62. The van der Waals surface area contributed by atoms with Crippen molar-refractivity contribution in [2.24, 2.45) is 5.73 Å². The summed E-state index contributed by atoms with van der Waals surface area (Å²) in [5.41, 5.74) is 7.51. The van der Waals surface area contributed by atoms with Crippen LogP contribution >= 0.6 is 0 Å². The van der Waals surface area contributed by atoms with Crippen LogP contribution in [0, 0.1) is 0 Å². The number of benzene rings is 1. The number of amides is 1. The van der Waals surface area contributed by atoms with E-state index >= 15 is 0 Å². The van der Waals surface area contributed by atoms with Gasteiger partial charge in [0, 0.05) is 25.9 Å². The zero-order chi connectivity index (χ0) is 12.7. The van der Waals surface area contributed by atoms with Crippen LogP contribution in [0.1, 0.15) is 18.9 Å². The molecule has 0 aromatic heterocycles. The second-order valence-electron chi connectivity index (χ2n) is 3.75. The summed E-state index contributed by atoms with van der Waals surface area (Å²) in [6, 6.07) is 7.75. The summed E-state index contributed by atoms with van der Waals surface area (Å²) in [5, 5.41) is 0. The molecule has 0 aliphatic rings. The predicted molar refractivity (Wildman–Crippen MR) is 68.9 cm³/mol. The predicted octanol–water partition coefficient (Wildman–Crippen LogP) is 1.53. The van der Waals surface area contributed by atoms with Gasteiger partial charge in [-0.2, -0.15) is 0 Å². The van der Waals surface area contributed by atoms with Crippen molar-refractivity contribution in [2.75, 3.05) is 25.2 Å². The molecule has 0 saturated carbocycles. The van der Waals surface area contributed by atoms with Crippen LogP contribution in [0.3, 0.4) is 0 Å². The Morgan fingerprint density at radius 2 is 2.00 bits per heavy atom. The molecule has 0 spiro atoms. The van der Waals surface area contributed by atoms with E-state index in [0.29, 0.717) is 26.1 Å². The Labute approximate surface area is 102 Å². The topological polar surface area (TPSA) is 55.6 Å². The van der Waals surface area contributed by atoms with E-state index in [-0.39, 0.29) is 5.91 Å². The van der Waals surface area contributed by atoms with Crippen LogP contribution in [0.15, 0.2) is 24.3 Å². The third kappa shape index (κ3) is 3.84. The molecular weight excluding hydrogens is 216 g/mol. The van der Waals surface area contributed by atoms with Crippen LogP contribution in [0.2, 0.25) is 0 Å². The van der Waals surface area contributed by atoms with Gasteiger partial charge < -0.3 is 15.4 Å². The first-order valence-corrected chi connectivity index (χ1v) is 5.81. The highest BCUT2D eigenvalue weighted by molar-refractivity contribution is 5.93. The van der Waals surface area contributed by atoms with Gasteiger partial charge in [0.05, 0.1) is 13.0 Å². The number of carbonyl (C=O) groups is 1. The Balaban J connectivity index is 2.74. The van der Waals surface area contributed by atoms with Gasteiger partial charge in [-0.3, -0.25) is 4.79 Å². The maximum absolute atomic E-state index is 11.9. The molecular formula is C13H20N2O2. The van der Waals surface area contributed by atoms with Crippen molar-refractivity contribution in [3.05, 3.63) is 29.8 Å². The Morgan fingerprint density at radius 1 is 1.35 bits per heavy atom. The second kappa shape index (κ2) is 7.04. The van der Waals surface area contributed by atoms with Crippen molar-refractivity contribution in [1.82, 2.24) is 0 Å². The zero-order valence-corrected chi connectivity index (χ0v) is 10.5. The minimum atomic E-state index is 0.0786. The quantitative estimate of drug-likeness (QED) is 0.815. The number of methoxy groups -OCH3 is 1. The van der Waals surface area contributed by atoms with Gasteiger partial charge in [-0.05, 0) is 24.6 Å². The smallest absolute Gasteiger partial charge is 0.229 e. The molecule has 0 saturated heterocycles. The second-order valence-corrected chi connectivity index (χ2v) is 3.75. The fourth-order valence-corrected chi connectivity index (χ4v) is 1.64. The molecule has 94 valence electrons. The van der Waals surface area contributed by atoms with Crippen molar-refractivity contribution < 1.29 is 9.53 Å². The number of hydrogen-bond donors (Lipinski definition) is 1. The number of nitrogens with two attached hydrogens (primary N) is 1. The molecule has 1 aromatic carbocycles. The fourth-order valence-electron chi connectivity index (χ4n) is 1.64. The Bertz CT molecular complexity index is 349. The van der Waals surface area contributed by atoms with E-state index in [9.17, 15) is 4.79 Å². The van der Waals surface area contributed by atoms with Crippen LogP contribution in [0.25, 0.3) is 0 Å². The monoisotopic (exact) mass is 236 g/mol. The van der Waals surface area contributed by atoms with Gasteiger partial charge in [-0.25, -0.2) is 0 Å². The van der Waals surface area contributed by atoms with Crippen LogP contribution in [-0.4, -0.2) is 26.2 Å².